The number of rotatable bonds is 3. The van der Waals surface area contributed by atoms with E-state index in [-0.39, 0.29) is 11.7 Å². The Morgan fingerprint density at radius 3 is 1.66 bits per heavy atom. The minimum Gasteiger partial charge on any atom is -0.457 e. The van der Waals surface area contributed by atoms with Crippen LogP contribution in [0.4, 0.5) is 0 Å². The monoisotopic (exact) mass is 702 g/mol. The molecular formula is C39H42B16O. The summed E-state index contributed by atoms with van der Waals surface area (Å²) in [4.78, 5) is 0. The molecule has 1 heterocycles. The van der Waals surface area contributed by atoms with Gasteiger partial charge in [-0.05, 0) is 78.6 Å². The van der Waals surface area contributed by atoms with Gasteiger partial charge in [-0.15, -0.1) is 21.9 Å². The molecule has 0 fully saturated rings. The average molecular weight is 700 g/mol. The van der Waals surface area contributed by atoms with Crippen molar-refractivity contribution in [2.45, 2.75) is 11.6 Å². The molecule has 56 heavy (non-hydrogen) atoms. The number of benzene rings is 4. The quantitative estimate of drug-likeness (QED) is 0.171. The fourth-order valence-corrected chi connectivity index (χ4v) is 11.6. The summed E-state index contributed by atoms with van der Waals surface area (Å²) < 4.78 is 7.10. The fourth-order valence-electron chi connectivity index (χ4n) is 11.6. The molecule has 3 unspecified atom stereocenters. The molecule has 1 nitrogen and oxygen atoms in total. The van der Waals surface area contributed by atoms with Crippen molar-refractivity contribution in [1.29, 1.82) is 0 Å². The van der Waals surface area contributed by atoms with Gasteiger partial charge in [0.05, 0.1) is 0 Å². The van der Waals surface area contributed by atoms with Crippen LogP contribution in [0.5, 0.6) is 0 Å². The zero-order chi connectivity index (χ0) is 40.1. The molecule has 252 valence electrons. The average Bonchev–Trinajstić information content (AvgIpc) is 3.83. The van der Waals surface area contributed by atoms with Gasteiger partial charge < -0.3 is 4.42 Å². The van der Waals surface area contributed by atoms with Crippen molar-refractivity contribution in [2.24, 2.45) is 5.92 Å². The highest BCUT2D eigenvalue weighted by Crippen LogP contribution is 2.62. The first-order valence-corrected chi connectivity index (χ1v) is 20.9. The number of fused-ring (bicyclic) bond motifs is 6. The normalized spacial score (nSPS) is 21.3. The Morgan fingerprint density at radius 2 is 0.982 bits per heavy atom. The van der Waals surface area contributed by atoms with Gasteiger partial charge >= 0.3 is 0 Å². The van der Waals surface area contributed by atoms with Crippen LogP contribution in [0.2, 0.25) is 11.6 Å². The van der Waals surface area contributed by atoms with Crippen LogP contribution >= 0.6 is 0 Å². The van der Waals surface area contributed by atoms with Gasteiger partial charge in [0.1, 0.15) is 137 Å². The van der Waals surface area contributed by atoms with Crippen molar-refractivity contribution >= 4 is 208 Å². The number of hydrogen-bond donors (Lipinski definition) is 0. The highest BCUT2D eigenvalue weighted by atomic mass is 16.3. The second-order valence-corrected chi connectivity index (χ2v) is 18.0. The lowest BCUT2D eigenvalue weighted by Gasteiger charge is -2.38. The van der Waals surface area contributed by atoms with Gasteiger partial charge in [-0.25, -0.2) is 0 Å². The van der Waals surface area contributed by atoms with E-state index in [2.05, 4.69) is 168 Å². The van der Waals surface area contributed by atoms with E-state index in [1.54, 1.807) is 0 Å². The summed E-state index contributed by atoms with van der Waals surface area (Å²) in [6.07, 6.45) is 0. The fraction of sp³-hybridized carbons (Fsp3) is 0.0769. The molecule has 17 heteroatoms. The van der Waals surface area contributed by atoms with Crippen molar-refractivity contribution in [3.8, 4) is 0 Å². The molecule has 4 aliphatic rings. The van der Waals surface area contributed by atoms with Crippen molar-refractivity contribution in [3.05, 3.63) is 120 Å². The Labute approximate surface area is 347 Å². The zero-order valence-electron chi connectivity index (χ0n) is 36.7. The van der Waals surface area contributed by atoms with Gasteiger partial charge in [0.2, 0.25) is 0 Å². The highest BCUT2D eigenvalue weighted by molar-refractivity contribution is 6.68. The maximum atomic E-state index is 7.10. The summed E-state index contributed by atoms with van der Waals surface area (Å²) in [6, 6.07) is 15.9. The second kappa shape index (κ2) is 12.8. The van der Waals surface area contributed by atoms with E-state index >= 15 is 0 Å². The Bertz CT molecular complexity index is 2990. The Morgan fingerprint density at radius 1 is 0.411 bits per heavy atom. The molecule has 0 saturated carbocycles. The van der Waals surface area contributed by atoms with Gasteiger partial charge in [0.15, 0.2) is 0 Å². The first-order chi connectivity index (χ1) is 26.5. The number of hydrogen-bond acceptors (Lipinski definition) is 1. The van der Waals surface area contributed by atoms with Crippen molar-refractivity contribution in [1.82, 2.24) is 0 Å². The molecule has 0 saturated heterocycles. The van der Waals surface area contributed by atoms with E-state index in [1.165, 1.54) is 148 Å². The molecule has 5 aromatic rings. The van der Waals surface area contributed by atoms with Crippen molar-refractivity contribution < 1.29 is 4.42 Å². The summed E-state index contributed by atoms with van der Waals surface area (Å²) >= 11 is 0. The molecule has 0 bridgehead atoms. The van der Waals surface area contributed by atoms with Crippen LogP contribution in [0.3, 0.4) is 0 Å². The van der Waals surface area contributed by atoms with Gasteiger partial charge in [-0.2, -0.15) is 0 Å². The van der Waals surface area contributed by atoms with Crippen molar-refractivity contribution in [3.63, 3.8) is 0 Å². The molecule has 3 atom stereocenters. The van der Waals surface area contributed by atoms with Crippen molar-refractivity contribution in [2.75, 3.05) is 0 Å². The predicted molar refractivity (Wildman–Crippen MR) is 292 cm³/mol. The Balaban J connectivity index is 1.41. The summed E-state index contributed by atoms with van der Waals surface area (Å²) in [6.45, 7) is 0. The van der Waals surface area contributed by atoms with E-state index < -0.39 is 0 Å². The summed E-state index contributed by atoms with van der Waals surface area (Å²) in [7, 11) is 37.9. The van der Waals surface area contributed by atoms with Crippen LogP contribution in [0.1, 0.15) is 11.1 Å². The van der Waals surface area contributed by atoms with Crippen LogP contribution in [-0.2, 0) is 0 Å². The maximum Gasteiger partial charge on any atom is 0.143 e. The second-order valence-electron chi connectivity index (χ2n) is 18.0. The smallest absolute Gasteiger partial charge is 0.143 e. The third-order valence-electron chi connectivity index (χ3n) is 15.9. The van der Waals surface area contributed by atoms with E-state index in [9.17, 15) is 0 Å². The lowest BCUT2D eigenvalue weighted by atomic mass is 9.57. The largest absolute Gasteiger partial charge is 0.457 e. The molecule has 9 rings (SSSR count). The molecule has 0 N–H and O–H groups in total. The predicted octanol–water partition coefficient (Wildman–Crippen LogP) is -11.1. The van der Waals surface area contributed by atoms with E-state index in [1.807, 2.05) is 0 Å². The summed E-state index contributed by atoms with van der Waals surface area (Å²) in [5, 5.41) is 5.22. The molecule has 0 aliphatic heterocycles. The van der Waals surface area contributed by atoms with Crippen LogP contribution in [0, 0.1) is 5.92 Å². The van der Waals surface area contributed by atoms with Gasteiger partial charge in [0.25, 0.3) is 0 Å². The minimum absolute atomic E-state index is 0.171. The molecule has 0 amide bonds. The molecule has 0 radical (unpaired) electrons. The molecule has 4 aromatic carbocycles. The van der Waals surface area contributed by atoms with Crippen LogP contribution in [-0.4, -0.2) is 126 Å². The zero-order valence-corrected chi connectivity index (χ0v) is 36.7. The number of allylic oxidation sites excluding steroid dienone is 14. The topological polar surface area (TPSA) is 13.1 Å². The van der Waals surface area contributed by atoms with Crippen LogP contribution < -0.4 is 38.2 Å². The van der Waals surface area contributed by atoms with E-state index in [4.69, 9.17) is 4.42 Å². The number of furan rings is 1. The minimum atomic E-state index is 0.171. The molecular weight excluding hydrogens is 657 g/mol. The van der Waals surface area contributed by atoms with E-state index in [0.717, 1.165) is 11.2 Å². The van der Waals surface area contributed by atoms with Gasteiger partial charge in [0, 0.05) is 16.7 Å². The molecule has 0 spiro atoms. The van der Waals surface area contributed by atoms with Gasteiger partial charge in [-0.1, -0.05) is 91.1 Å². The van der Waals surface area contributed by atoms with Crippen LogP contribution in [0.25, 0.3) is 43.9 Å². The highest BCUT2D eigenvalue weighted by Gasteiger charge is 2.47. The maximum absolute atomic E-state index is 7.10. The third-order valence-corrected chi connectivity index (χ3v) is 15.9. The van der Waals surface area contributed by atoms with E-state index in [0.29, 0.717) is 5.82 Å². The standard InChI is InChI=1S/C39H42B16O/c40-22-11(10-6-5-8-3-1-2-4-9(8)7-10)23(41)29(47)20(22)13-16-14(24(42)31(49)26(16)44)12(15-17(13)27(45)32(50)25(15)43)18-19-21-30(48)33(51)35(53)37(55)39(21)56-38(19)36(54)34(52)28(18)46/h1-7,14,22,25H,40-55H2. The lowest BCUT2D eigenvalue weighted by molar-refractivity contribution is 0.675. The molecule has 1 aromatic heterocycles. The van der Waals surface area contributed by atoms with Crippen LogP contribution in [0.15, 0.2) is 113 Å². The third kappa shape index (κ3) is 4.73. The summed E-state index contributed by atoms with van der Waals surface area (Å²) in [5.74, 6) is 0.736. The lowest BCUT2D eigenvalue weighted by Crippen LogP contribution is -2.47. The Kier molecular flexibility index (Phi) is 8.64. The Hall–Kier alpha value is -3.84. The van der Waals surface area contributed by atoms with Gasteiger partial charge in [-0.3, -0.25) is 0 Å². The molecule has 4 aliphatic carbocycles. The SMILES string of the molecule is BC1=C(B)C(B)C2=C(c3c(B)c(B)c(B)c4oc5c(B)c(B)c(B)c(B)c5c34)C3C(B)=C(B)C(B)=C3C(C3=C(B)C(B)=C(c4ccc5ccccc5c4)C3B)=C12. The first kappa shape index (κ1) is 37.7. The first-order valence-electron chi connectivity index (χ1n) is 20.9. The summed E-state index contributed by atoms with van der Waals surface area (Å²) in [5.41, 5.74) is 35.0.